The lowest BCUT2D eigenvalue weighted by Gasteiger charge is -2.39. The third kappa shape index (κ3) is 10.5. The fourth-order valence-corrected chi connectivity index (χ4v) is 8.79. The number of nitrogens with zero attached hydrogens (tertiary/aromatic N) is 8. The number of fused-ring (bicyclic) bond motifs is 1. The number of carbonyl (C=O) groups excluding carboxylic acids is 3. The van der Waals surface area contributed by atoms with E-state index in [1.165, 1.54) is 0 Å². The summed E-state index contributed by atoms with van der Waals surface area (Å²) in [5.74, 6) is 1.63. The van der Waals surface area contributed by atoms with Crippen LogP contribution in [0, 0.1) is 0 Å². The molecule has 0 unspecified atom stereocenters. The van der Waals surface area contributed by atoms with Crippen LogP contribution >= 0.6 is 23.2 Å². The number of hydrogen-bond donors (Lipinski definition) is 1. The van der Waals surface area contributed by atoms with E-state index in [2.05, 4.69) is 5.32 Å². The Morgan fingerprint density at radius 2 is 1.56 bits per heavy atom. The van der Waals surface area contributed by atoms with Crippen molar-refractivity contribution in [3.05, 3.63) is 76.3 Å². The molecule has 1 N–H and O–H groups in total. The van der Waals surface area contributed by atoms with Gasteiger partial charge in [0, 0.05) is 92.3 Å². The van der Waals surface area contributed by atoms with Gasteiger partial charge in [-0.15, -0.1) is 5.10 Å². The maximum atomic E-state index is 13.6. The number of methoxy groups -OCH3 is 1. The second kappa shape index (κ2) is 19.5. The molecule has 3 amide bonds. The SMILES string of the molecule is CCOc1cc(-c2nccc(-c3cccc(-c4ccc(CN(C(=O)OC(C)(C)C)C5CCN(C(C)=O)CC5)c(OC)n4)c3Cl)c2Cl)cn2nc(CNC3CCN(C(C)=O)CC3)nc12. The molecule has 1 aromatic carbocycles. The smallest absolute Gasteiger partial charge is 0.410 e. The number of halogens is 2. The van der Waals surface area contributed by atoms with Gasteiger partial charge >= 0.3 is 6.09 Å². The average Bonchev–Trinajstić information content (AvgIpc) is 3.68. The van der Waals surface area contributed by atoms with E-state index in [0.29, 0.717) is 111 Å². The van der Waals surface area contributed by atoms with Crippen LogP contribution in [0.4, 0.5) is 4.79 Å². The maximum Gasteiger partial charge on any atom is 0.410 e. The molecule has 63 heavy (non-hydrogen) atoms. The minimum absolute atomic E-state index is 0.0214. The van der Waals surface area contributed by atoms with Crippen LogP contribution in [0.5, 0.6) is 11.6 Å². The first-order valence-electron chi connectivity index (χ1n) is 21.4. The van der Waals surface area contributed by atoms with Crippen molar-refractivity contribution in [3.63, 3.8) is 0 Å². The highest BCUT2D eigenvalue weighted by Gasteiger charge is 2.33. The van der Waals surface area contributed by atoms with Gasteiger partial charge in [0.05, 0.1) is 48.2 Å². The molecule has 2 aliphatic heterocycles. The minimum Gasteiger partial charge on any atom is -0.490 e. The van der Waals surface area contributed by atoms with E-state index >= 15 is 0 Å². The molecule has 0 bridgehead atoms. The monoisotopic (exact) mass is 899 g/mol. The van der Waals surface area contributed by atoms with Gasteiger partial charge in [-0.2, -0.15) is 0 Å². The number of pyridine rings is 3. The molecule has 0 saturated carbocycles. The quantitative estimate of drug-likeness (QED) is 0.129. The van der Waals surface area contributed by atoms with Crippen LogP contribution < -0.4 is 14.8 Å². The number of hydrogen-bond acceptors (Lipinski definition) is 11. The molecule has 5 aromatic rings. The second-order valence-electron chi connectivity index (χ2n) is 16.9. The van der Waals surface area contributed by atoms with E-state index in [1.807, 2.05) is 81.3 Å². The fourth-order valence-electron chi connectivity index (χ4n) is 8.15. The van der Waals surface area contributed by atoms with Crippen molar-refractivity contribution in [1.82, 2.24) is 44.6 Å². The molecule has 2 fully saturated rings. The largest absolute Gasteiger partial charge is 0.490 e. The predicted molar refractivity (Wildman–Crippen MR) is 242 cm³/mol. The van der Waals surface area contributed by atoms with Crippen LogP contribution in [0.3, 0.4) is 0 Å². The summed E-state index contributed by atoms with van der Waals surface area (Å²) in [7, 11) is 1.54. The van der Waals surface area contributed by atoms with Crippen LogP contribution in [0.1, 0.15) is 78.6 Å². The first kappa shape index (κ1) is 45.5. The Kier molecular flexibility index (Phi) is 14.1. The molecular formula is C46H55Cl2N9O6. The Labute approximate surface area is 378 Å². The standard InChI is InChI=1S/C46H55Cl2N9O6/c1-8-62-38-24-31(27-57-43(38)52-39(53-57)25-50-32-15-20-54(21-16-32)28(2)58)42-41(48)35(14-19-49-42)34-10-9-11-36(40(34)47)37-13-12-30(44(51-37)61-7)26-56(45(60)63-46(4,5)6)33-17-22-55(23-18-33)29(3)59/h9-14,19,24,27,32-33,50H,8,15-18,20-23,25-26H2,1-7H3. The molecule has 2 saturated heterocycles. The maximum absolute atomic E-state index is 13.6. The Balaban J connectivity index is 1.14. The van der Waals surface area contributed by atoms with E-state index in [4.69, 9.17) is 57.5 Å². The summed E-state index contributed by atoms with van der Waals surface area (Å²) < 4.78 is 19.4. The molecule has 4 aromatic heterocycles. The zero-order valence-corrected chi connectivity index (χ0v) is 38.4. The molecule has 15 nitrogen and oxygen atoms in total. The summed E-state index contributed by atoms with van der Waals surface area (Å²) in [6.07, 6.45) is 6.08. The first-order valence-corrected chi connectivity index (χ1v) is 22.1. The highest BCUT2D eigenvalue weighted by Crippen LogP contribution is 2.42. The number of benzene rings is 1. The van der Waals surface area contributed by atoms with Gasteiger partial charge in [-0.3, -0.25) is 14.6 Å². The van der Waals surface area contributed by atoms with Gasteiger partial charge in [-0.05, 0) is 77.6 Å². The van der Waals surface area contributed by atoms with Crippen molar-refractivity contribution < 1.29 is 28.6 Å². The van der Waals surface area contributed by atoms with Gasteiger partial charge in [-0.1, -0.05) is 41.4 Å². The highest BCUT2D eigenvalue weighted by molar-refractivity contribution is 6.39. The van der Waals surface area contributed by atoms with Crippen molar-refractivity contribution in [1.29, 1.82) is 0 Å². The topological polar surface area (TPSA) is 157 Å². The van der Waals surface area contributed by atoms with Crippen LogP contribution in [0.25, 0.3) is 39.3 Å². The summed E-state index contributed by atoms with van der Waals surface area (Å²) in [5, 5.41) is 9.14. The van der Waals surface area contributed by atoms with Crippen molar-refractivity contribution >= 4 is 46.8 Å². The highest BCUT2D eigenvalue weighted by atomic mass is 35.5. The molecule has 17 heteroatoms. The molecule has 334 valence electrons. The number of ether oxygens (including phenoxy) is 3. The number of nitrogens with one attached hydrogen (secondary N) is 1. The van der Waals surface area contributed by atoms with Crippen LogP contribution in [0.2, 0.25) is 10.0 Å². The number of likely N-dealkylation sites (tertiary alicyclic amines) is 2. The lowest BCUT2D eigenvalue weighted by molar-refractivity contribution is -0.131. The number of rotatable bonds is 12. The molecule has 2 aliphatic rings. The van der Waals surface area contributed by atoms with Gasteiger partial charge in [0.1, 0.15) is 5.60 Å². The van der Waals surface area contributed by atoms with E-state index in [-0.39, 0.29) is 30.4 Å². The average molecular weight is 901 g/mol. The summed E-state index contributed by atoms with van der Waals surface area (Å²) in [4.78, 5) is 57.2. The van der Waals surface area contributed by atoms with Gasteiger partial charge in [-0.25, -0.2) is 19.3 Å². The molecule has 0 aliphatic carbocycles. The zero-order chi connectivity index (χ0) is 45.0. The van der Waals surface area contributed by atoms with Gasteiger partial charge in [0.2, 0.25) is 17.7 Å². The Hall–Kier alpha value is -5.51. The van der Waals surface area contributed by atoms with Crippen molar-refractivity contribution in [2.24, 2.45) is 0 Å². The predicted octanol–water partition coefficient (Wildman–Crippen LogP) is 8.08. The number of piperidine rings is 2. The van der Waals surface area contributed by atoms with Crippen molar-refractivity contribution in [3.8, 4) is 45.3 Å². The van der Waals surface area contributed by atoms with E-state index < -0.39 is 11.7 Å². The summed E-state index contributed by atoms with van der Waals surface area (Å²) >= 11 is 14.5. The first-order chi connectivity index (χ1) is 30.1. The Bertz CT molecular complexity index is 2470. The lowest BCUT2D eigenvalue weighted by atomic mass is 9.99. The van der Waals surface area contributed by atoms with Gasteiger partial charge in [0.15, 0.2) is 17.2 Å². The van der Waals surface area contributed by atoms with Gasteiger partial charge in [0.25, 0.3) is 0 Å². The molecule has 6 heterocycles. The fraction of sp³-hybridized carbons (Fsp3) is 0.457. The van der Waals surface area contributed by atoms with E-state index in [9.17, 15) is 14.4 Å². The third-order valence-corrected chi connectivity index (χ3v) is 12.2. The molecule has 7 rings (SSSR count). The minimum atomic E-state index is -0.696. The van der Waals surface area contributed by atoms with Gasteiger partial charge < -0.3 is 34.2 Å². The normalized spacial score (nSPS) is 15.1. The van der Waals surface area contributed by atoms with Crippen LogP contribution in [-0.4, -0.2) is 115 Å². The molecule has 0 radical (unpaired) electrons. The van der Waals surface area contributed by atoms with Crippen molar-refractivity contribution in [2.75, 3.05) is 39.9 Å². The molecule has 0 spiro atoms. The lowest BCUT2D eigenvalue weighted by Crippen LogP contribution is -2.49. The number of amides is 3. The Morgan fingerprint density at radius 1 is 0.889 bits per heavy atom. The third-order valence-electron chi connectivity index (χ3n) is 11.4. The second-order valence-corrected chi connectivity index (χ2v) is 17.6. The molecular weight excluding hydrogens is 845 g/mol. The van der Waals surface area contributed by atoms with Crippen molar-refractivity contribution in [2.45, 2.75) is 98.0 Å². The number of carbonyl (C=O) groups is 3. The number of aromatic nitrogens is 5. The Morgan fingerprint density at radius 3 is 2.21 bits per heavy atom. The summed E-state index contributed by atoms with van der Waals surface area (Å²) in [5.41, 5.74) is 4.33. The van der Waals surface area contributed by atoms with Crippen LogP contribution in [-0.2, 0) is 27.4 Å². The molecule has 0 atom stereocenters. The van der Waals surface area contributed by atoms with E-state index in [0.717, 1.165) is 25.9 Å². The van der Waals surface area contributed by atoms with E-state index in [1.54, 1.807) is 41.5 Å². The zero-order valence-electron chi connectivity index (χ0n) is 36.9. The summed E-state index contributed by atoms with van der Waals surface area (Å²) in [6.45, 7) is 14.3. The van der Waals surface area contributed by atoms with Crippen LogP contribution in [0.15, 0.2) is 54.9 Å². The summed E-state index contributed by atoms with van der Waals surface area (Å²) in [6, 6.07) is 13.2.